The average molecular weight is 401 g/mol. The molecule has 0 spiro atoms. The number of aromatic nitrogens is 2. The van der Waals surface area contributed by atoms with Crippen LogP contribution in [-0.4, -0.2) is 21.1 Å². The minimum Gasteiger partial charge on any atom is -0.318 e. The summed E-state index contributed by atoms with van der Waals surface area (Å²) < 4.78 is 2.15. The number of hydrogen-bond donors (Lipinski definition) is 0. The van der Waals surface area contributed by atoms with E-state index in [4.69, 9.17) is 4.98 Å². The van der Waals surface area contributed by atoms with Crippen LogP contribution in [0.15, 0.2) is 65.7 Å². The lowest BCUT2D eigenvalue weighted by Gasteiger charge is -2.10. The zero-order valence-electron chi connectivity index (χ0n) is 17.2. The lowest BCUT2D eigenvalue weighted by molar-refractivity contribution is 0.102. The first kappa shape index (κ1) is 19.5. The van der Waals surface area contributed by atoms with Crippen molar-refractivity contribution in [1.82, 2.24) is 9.55 Å². The number of thioether (sulfide) groups is 1. The summed E-state index contributed by atoms with van der Waals surface area (Å²) in [5, 5.41) is 2.05. The second-order valence-electron chi connectivity index (χ2n) is 7.46. The predicted octanol–water partition coefficient (Wildman–Crippen LogP) is 6.23. The topological polar surface area (TPSA) is 34.9 Å². The average Bonchev–Trinajstić information content (AvgIpc) is 3.01. The molecule has 0 saturated carbocycles. The molecule has 4 heteroatoms. The Kier molecular flexibility index (Phi) is 5.29. The van der Waals surface area contributed by atoms with Gasteiger partial charge in [0, 0.05) is 28.0 Å². The zero-order valence-corrected chi connectivity index (χ0v) is 18.0. The summed E-state index contributed by atoms with van der Waals surface area (Å²) in [4.78, 5) is 17.7. The predicted molar refractivity (Wildman–Crippen MR) is 122 cm³/mol. The van der Waals surface area contributed by atoms with E-state index in [1.54, 1.807) is 0 Å². The van der Waals surface area contributed by atoms with Gasteiger partial charge in [0.25, 0.3) is 0 Å². The van der Waals surface area contributed by atoms with Gasteiger partial charge in [0.15, 0.2) is 5.78 Å². The third-order valence-electron chi connectivity index (χ3n) is 5.27. The second-order valence-corrected chi connectivity index (χ2v) is 8.46. The fourth-order valence-corrected chi connectivity index (χ4v) is 4.60. The van der Waals surface area contributed by atoms with Gasteiger partial charge < -0.3 is 4.57 Å². The van der Waals surface area contributed by atoms with E-state index in [0.717, 1.165) is 38.6 Å². The Morgan fingerprint density at radius 3 is 2.45 bits per heavy atom. The standard InChI is InChI=1S/C25H24N2OS/c1-16-9-11-20(12-10-16)27-18(3)14-22(19(27)4)24(28)15-29-25-13-17(2)21-7-5-6-8-23(21)26-25/h5-14H,15H2,1-4H3. The van der Waals surface area contributed by atoms with Gasteiger partial charge in [-0.3, -0.25) is 4.79 Å². The molecule has 0 amide bonds. The molecule has 3 nitrogen and oxygen atoms in total. The highest BCUT2D eigenvalue weighted by atomic mass is 32.2. The molecule has 4 rings (SSSR count). The van der Waals surface area contributed by atoms with Crippen LogP contribution in [0.5, 0.6) is 0 Å². The maximum absolute atomic E-state index is 13.0. The zero-order chi connectivity index (χ0) is 20.5. The quantitative estimate of drug-likeness (QED) is 0.294. The van der Waals surface area contributed by atoms with Crippen LogP contribution in [0.25, 0.3) is 16.6 Å². The lowest BCUT2D eigenvalue weighted by atomic mass is 10.1. The van der Waals surface area contributed by atoms with Crippen LogP contribution in [0.4, 0.5) is 0 Å². The highest BCUT2D eigenvalue weighted by molar-refractivity contribution is 7.99. The molecule has 0 unspecified atom stereocenters. The van der Waals surface area contributed by atoms with E-state index in [-0.39, 0.29) is 5.78 Å². The summed E-state index contributed by atoms with van der Waals surface area (Å²) in [6, 6.07) is 20.6. The largest absolute Gasteiger partial charge is 0.318 e. The molecule has 2 aromatic carbocycles. The van der Waals surface area contributed by atoms with E-state index in [1.807, 2.05) is 38.1 Å². The monoisotopic (exact) mass is 400 g/mol. The molecular weight excluding hydrogens is 376 g/mol. The van der Waals surface area contributed by atoms with Crippen molar-refractivity contribution in [2.24, 2.45) is 0 Å². The van der Waals surface area contributed by atoms with Gasteiger partial charge in [-0.15, -0.1) is 0 Å². The summed E-state index contributed by atoms with van der Waals surface area (Å²) in [6.07, 6.45) is 0. The van der Waals surface area contributed by atoms with Crippen molar-refractivity contribution in [3.8, 4) is 5.69 Å². The molecule has 0 bridgehead atoms. The molecule has 0 aliphatic carbocycles. The number of pyridine rings is 1. The van der Waals surface area contributed by atoms with E-state index < -0.39 is 0 Å². The Morgan fingerprint density at radius 2 is 1.69 bits per heavy atom. The minimum atomic E-state index is 0.133. The van der Waals surface area contributed by atoms with Crippen molar-refractivity contribution >= 4 is 28.4 Å². The molecule has 0 radical (unpaired) electrons. The summed E-state index contributed by atoms with van der Waals surface area (Å²) >= 11 is 1.50. The van der Waals surface area contributed by atoms with Gasteiger partial charge in [-0.2, -0.15) is 0 Å². The molecule has 0 atom stereocenters. The van der Waals surface area contributed by atoms with Gasteiger partial charge in [-0.1, -0.05) is 47.7 Å². The summed E-state index contributed by atoms with van der Waals surface area (Å²) in [5.41, 5.74) is 7.31. The van der Waals surface area contributed by atoms with Crippen molar-refractivity contribution in [1.29, 1.82) is 0 Å². The van der Waals surface area contributed by atoms with Crippen molar-refractivity contribution in [2.75, 3.05) is 5.75 Å². The Labute approximate surface area is 175 Å². The van der Waals surface area contributed by atoms with Crippen LogP contribution in [0.2, 0.25) is 0 Å². The number of rotatable bonds is 5. The number of nitrogens with zero attached hydrogens (tertiary/aromatic N) is 2. The molecule has 0 N–H and O–H groups in total. The van der Waals surface area contributed by atoms with Gasteiger partial charge >= 0.3 is 0 Å². The van der Waals surface area contributed by atoms with E-state index >= 15 is 0 Å². The number of benzene rings is 2. The fourth-order valence-electron chi connectivity index (χ4n) is 3.75. The van der Waals surface area contributed by atoms with Gasteiger partial charge in [-0.25, -0.2) is 4.98 Å². The van der Waals surface area contributed by atoms with Crippen molar-refractivity contribution in [2.45, 2.75) is 32.7 Å². The van der Waals surface area contributed by atoms with Crippen LogP contribution in [-0.2, 0) is 0 Å². The van der Waals surface area contributed by atoms with Crippen LogP contribution < -0.4 is 0 Å². The fraction of sp³-hybridized carbons (Fsp3) is 0.200. The maximum atomic E-state index is 13.0. The molecular formula is C25H24N2OS. The van der Waals surface area contributed by atoms with E-state index in [2.05, 4.69) is 54.8 Å². The SMILES string of the molecule is Cc1ccc(-n2c(C)cc(C(=O)CSc3cc(C)c4ccccc4n3)c2C)cc1. The van der Waals surface area contributed by atoms with Gasteiger partial charge in [0.1, 0.15) is 0 Å². The summed E-state index contributed by atoms with van der Waals surface area (Å²) in [7, 11) is 0. The van der Waals surface area contributed by atoms with Gasteiger partial charge in [-0.05, 0) is 63.6 Å². The third-order valence-corrected chi connectivity index (χ3v) is 6.19. The van der Waals surface area contributed by atoms with E-state index in [9.17, 15) is 4.79 Å². The molecule has 4 aromatic rings. The third kappa shape index (κ3) is 3.85. The van der Waals surface area contributed by atoms with Gasteiger partial charge in [0.2, 0.25) is 0 Å². The molecule has 0 aliphatic heterocycles. The number of Topliss-reactive ketones (excluding diaryl/α,β-unsaturated/α-hetero) is 1. The smallest absolute Gasteiger partial charge is 0.174 e. The normalized spacial score (nSPS) is 11.2. The van der Waals surface area contributed by atoms with Crippen molar-refractivity contribution in [3.63, 3.8) is 0 Å². The summed E-state index contributed by atoms with van der Waals surface area (Å²) in [5.74, 6) is 0.511. The highest BCUT2D eigenvalue weighted by Gasteiger charge is 2.17. The first-order chi connectivity index (χ1) is 13.9. The first-order valence-electron chi connectivity index (χ1n) is 9.72. The summed E-state index contributed by atoms with van der Waals surface area (Å²) in [6.45, 7) is 8.23. The Morgan fingerprint density at radius 1 is 0.966 bits per heavy atom. The number of aryl methyl sites for hydroxylation is 3. The number of carbonyl (C=O) groups excluding carboxylic acids is 1. The molecule has 146 valence electrons. The number of fused-ring (bicyclic) bond motifs is 1. The Bertz CT molecular complexity index is 1210. The molecule has 2 heterocycles. The molecule has 29 heavy (non-hydrogen) atoms. The minimum absolute atomic E-state index is 0.133. The van der Waals surface area contributed by atoms with Crippen LogP contribution in [0.1, 0.15) is 32.9 Å². The van der Waals surface area contributed by atoms with Gasteiger partial charge in [0.05, 0.1) is 16.3 Å². The molecule has 0 saturated heterocycles. The highest BCUT2D eigenvalue weighted by Crippen LogP contribution is 2.26. The maximum Gasteiger partial charge on any atom is 0.174 e. The lowest BCUT2D eigenvalue weighted by Crippen LogP contribution is -2.06. The Hall–Kier alpha value is -2.85. The number of hydrogen-bond acceptors (Lipinski definition) is 3. The number of ketones is 1. The van der Waals surface area contributed by atoms with Crippen LogP contribution in [0.3, 0.4) is 0 Å². The Balaban J connectivity index is 1.56. The number of para-hydroxylation sites is 1. The van der Waals surface area contributed by atoms with Crippen LogP contribution in [0, 0.1) is 27.7 Å². The van der Waals surface area contributed by atoms with Crippen molar-refractivity contribution < 1.29 is 4.79 Å². The number of carbonyl (C=O) groups is 1. The van der Waals surface area contributed by atoms with E-state index in [0.29, 0.717) is 5.75 Å². The van der Waals surface area contributed by atoms with Crippen LogP contribution >= 0.6 is 11.8 Å². The molecule has 0 aliphatic rings. The molecule has 2 aromatic heterocycles. The first-order valence-corrected chi connectivity index (χ1v) is 10.7. The van der Waals surface area contributed by atoms with E-state index in [1.165, 1.54) is 22.9 Å². The molecule has 0 fully saturated rings. The van der Waals surface area contributed by atoms with Crippen molar-refractivity contribution in [3.05, 3.63) is 88.7 Å². The second kappa shape index (κ2) is 7.88.